The third-order valence-corrected chi connectivity index (χ3v) is 2.88. The van der Waals surface area contributed by atoms with Gasteiger partial charge in [-0.15, -0.1) is 0 Å². The van der Waals surface area contributed by atoms with Crippen molar-refractivity contribution in [3.63, 3.8) is 0 Å². The van der Waals surface area contributed by atoms with E-state index < -0.39 is 0 Å². The summed E-state index contributed by atoms with van der Waals surface area (Å²) in [6.45, 7) is 3.06. The van der Waals surface area contributed by atoms with Crippen LogP contribution >= 0.6 is 0 Å². The molecule has 1 aromatic heterocycles. The Morgan fingerprint density at radius 1 is 1.24 bits per heavy atom. The van der Waals surface area contributed by atoms with E-state index in [1.54, 1.807) is 0 Å². The molecular weight excluding hydrogens is 210 g/mol. The average molecular weight is 229 g/mol. The minimum absolute atomic E-state index is 0.954. The van der Waals surface area contributed by atoms with Gasteiger partial charge >= 0.3 is 0 Å². The fraction of sp³-hybridized carbons (Fsp3) is 0.357. The number of aryl methyl sites for hydroxylation is 2. The number of hydrogen-bond donors (Lipinski definition) is 1. The zero-order valence-electron chi connectivity index (χ0n) is 10.7. The van der Waals surface area contributed by atoms with Gasteiger partial charge in [-0.1, -0.05) is 29.8 Å². The molecule has 2 aromatic rings. The van der Waals surface area contributed by atoms with E-state index in [1.807, 2.05) is 18.8 Å². The van der Waals surface area contributed by atoms with Crippen LogP contribution < -0.4 is 5.32 Å². The van der Waals surface area contributed by atoms with Gasteiger partial charge in [0.2, 0.25) is 0 Å². The minimum atomic E-state index is 0.954. The highest BCUT2D eigenvalue weighted by Crippen LogP contribution is 2.23. The van der Waals surface area contributed by atoms with Crippen LogP contribution in [0.1, 0.15) is 11.3 Å². The zero-order valence-corrected chi connectivity index (χ0v) is 10.7. The van der Waals surface area contributed by atoms with Crippen molar-refractivity contribution in [1.82, 2.24) is 15.1 Å². The molecule has 0 unspecified atom stereocenters. The molecule has 3 nitrogen and oxygen atoms in total. The summed E-state index contributed by atoms with van der Waals surface area (Å²) in [4.78, 5) is 0. The fourth-order valence-electron chi connectivity index (χ4n) is 1.94. The van der Waals surface area contributed by atoms with Crippen LogP contribution in [0.4, 0.5) is 0 Å². The number of nitrogens with zero attached hydrogens (tertiary/aromatic N) is 2. The first-order chi connectivity index (χ1) is 8.20. The topological polar surface area (TPSA) is 29.9 Å². The SMILES string of the molecule is CNCCc1nn(C)cc1-c1ccc(C)cc1. The van der Waals surface area contributed by atoms with Crippen LogP contribution in [0.3, 0.4) is 0 Å². The summed E-state index contributed by atoms with van der Waals surface area (Å²) >= 11 is 0. The van der Waals surface area contributed by atoms with Gasteiger partial charge in [0.1, 0.15) is 0 Å². The number of aromatic nitrogens is 2. The molecule has 0 radical (unpaired) electrons. The molecule has 0 spiro atoms. The average Bonchev–Trinajstić information content (AvgIpc) is 2.69. The number of benzene rings is 1. The van der Waals surface area contributed by atoms with E-state index in [1.165, 1.54) is 16.7 Å². The van der Waals surface area contributed by atoms with Crippen LogP contribution in [0, 0.1) is 6.92 Å². The summed E-state index contributed by atoms with van der Waals surface area (Å²) in [7, 11) is 3.94. The van der Waals surface area contributed by atoms with Crippen molar-refractivity contribution in [1.29, 1.82) is 0 Å². The van der Waals surface area contributed by atoms with Crippen molar-refractivity contribution in [2.75, 3.05) is 13.6 Å². The van der Waals surface area contributed by atoms with Crippen LogP contribution in [0.5, 0.6) is 0 Å². The molecule has 0 aliphatic heterocycles. The Kier molecular flexibility index (Phi) is 3.59. The van der Waals surface area contributed by atoms with Crippen LogP contribution in [0.25, 0.3) is 11.1 Å². The van der Waals surface area contributed by atoms with Gasteiger partial charge in [0.25, 0.3) is 0 Å². The van der Waals surface area contributed by atoms with Crippen LogP contribution in [0.15, 0.2) is 30.5 Å². The maximum atomic E-state index is 4.52. The largest absolute Gasteiger partial charge is 0.319 e. The predicted molar refractivity (Wildman–Crippen MR) is 71.0 cm³/mol. The Morgan fingerprint density at radius 2 is 1.94 bits per heavy atom. The summed E-state index contributed by atoms with van der Waals surface area (Å²) in [5.74, 6) is 0. The Labute approximate surface area is 102 Å². The van der Waals surface area contributed by atoms with Crippen molar-refractivity contribution in [3.8, 4) is 11.1 Å². The summed E-state index contributed by atoms with van der Waals surface area (Å²) in [5, 5.41) is 7.69. The highest BCUT2D eigenvalue weighted by atomic mass is 15.3. The molecule has 17 heavy (non-hydrogen) atoms. The lowest BCUT2D eigenvalue weighted by Gasteiger charge is -2.02. The minimum Gasteiger partial charge on any atom is -0.319 e. The Hall–Kier alpha value is -1.61. The highest BCUT2D eigenvalue weighted by Gasteiger charge is 2.08. The molecule has 1 aromatic carbocycles. The second-order valence-corrected chi connectivity index (χ2v) is 4.38. The van der Waals surface area contributed by atoms with E-state index in [0.29, 0.717) is 0 Å². The van der Waals surface area contributed by atoms with E-state index >= 15 is 0 Å². The quantitative estimate of drug-likeness (QED) is 0.870. The fourth-order valence-corrected chi connectivity index (χ4v) is 1.94. The van der Waals surface area contributed by atoms with E-state index in [0.717, 1.165) is 18.7 Å². The maximum absolute atomic E-state index is 4.52. The number of rotatable bonds is 4. The smallest absolute Gasteiger partial charge is 0.0715 e. The Bertz CT molecular complexity index is 483. The lowest BCUT2D eigenvalue weighted by molar-refractivity contribution is 0.717. The lowest BCUT2D eigenvalue weighted by atomic mass is 10.0. The maximum Gasteiger partial charge on any atom is 0.0715 e. The second kappa shape index (κ2) is 5.15. The summed E-state index contributed by atoms with van der Waals surface area (Å²) in [6, 6.07) is 8.61. The molecule has 0 aliphatic rings. The third-order valence-electron chi connectivity index (χ3n) is 2.88. The van der Waals surface area contributed by atoms with Gasteiger partial charge in [-0.05, 0) is 19.5 Å². The summed E-state index contributed by atoms with van der Waals surface area (Å²) in [5.41, 5.74) is 4.93. The monoisotopic (exact) mass is 229 g/mol. The number of hydrogen-bond acceptors (Lipinski definition) is 2. The third kappa shape index (κ3) is 2.74. The van der Waals surface area contributed by atoms with Crippen molar-refractivity contribution < 1.29 is 0 Å². The molecule has 0 bridgehead atoms. The normalized spacial score (nSPS) is 10.8. The Morgan fingerprint density at radius 3 is 2.59 bits per heavy atom. The molecule has 0 saturated carbocycles. The lowest BCUT2D eigenvalue weighted by Crippen LogP contribution is -2.11. The molecule has 0 aliphatic carbocycles. The number of nitrogens with one attached hydrogen (secondary N) is 1. The molecule has 0 saturated heterocycles. The van der Waals surface area contributed by atoms with Crippen LogP contribution in [-0.2, 0) is 13.5 Å². The zero-order chi connectivity index (χ0) is 12.3. The van der Waals surface area contributed by atoms with Gasteiger partial charge in [0.05, 0.1) is 5.69 Å². The first kappa shape index (κ1) is 11.9. The second-order valence-electron chi connectivity index (χ2n) is 4.38. The van der Waals surface area contributed by atoms with Crippen molar-refractivity contribution >= 4 is 0 Å². The van der Waals surface area contributed by atoms with Crippen LogP contribution in [-0.4, -0.2) is 23.4 Å². The van der Waals surface area contributed by atoms with Crippen LogP contribution in [0.2, 0.25) is 0 Å². The first-order valence-electron chi connectivity index (χ1n) is 5.95. The van der Waals surface area contributed by atoms with Gasteiger partial charge in [0, 0.05) is 31.8 Å². The van der Waals surface area contributed by atoms with Gasteiger partial charge in [-0.3, -0.25) is 4.68 Å². The highest BCUT2D eigenvalue weighted by molar-refractivity contribution is 5.65. The molecule has 1 N–H and O–H groups in total. The predicted octanol–water partition coefficient (Wildman–Crippen LogP) is 2.16. The first-order valence-corrected chi connectivity index (χ1v) is 5.95. The van der Waals surface area contributed by atoms with Gasteiger partial charge in [-0.25, -0.2) is 0 Å². The van der Waals surface area contributed by atoms with Crippen molar-refractivity contribution in [2.45, 2.75) is 13.3 Å². The molecular formula is C14H19N3. The van der Waals surface area contributed by atoms with E-state index in [4.69, 9.17) is 0 Å². The number of likely N-dealkylation sites (N-methyl/N-ethyl adjacent to an activating group) is 1. The summed E-state index contributed by atoms with van der Waals surface area (Å²) in [6.07, 6.45) is 3.05. The van der Waals surface area contributed by atoms with Gasteiger partial charge in [0.15, 0.2) is 0 Å². The van der Waals surface area contributed by atoms with Gasteiger partial charge in [-0.2, -0.15) is 5.10 Å². The summed E-state index contributed by atoms with van der Waals surface area (Å²) < 4.78 is 1.89. The molecule has 90 valence electrons. The molecule has 3 heteroatoms. The molecule has 0 fully saturated rings. The molecule has 2 rings (SSSR count). The van der Waals surface area contributed by atoms with E-state index in [2.05, 4.69) is 47.8 Å². The Balaban J connectivity index is 2.33. The van der Waals surface area contributed by atoms with E-state index in [9.17, 15) is 0 Å². The molecule has 1 heterocycles. The van der Waals surface area contributed by atoms with Crippen molar-refractivity contribution in [2.24, 2.45) is 7.05 Å². The molecule has 0 atom stereocenters. The van der Waals surface area contributed by atoms with E-state index in [-0.39, 0.29) is 0 Å². The van der Waals surface area contributed by atoms with Gasteiger partial charge < -0.3 is 5.32 Å². The standard InChI is InChI=1S/C14H19N3/c1-11-4-6-12(7-5-11)13-10-17(3)16-14(13)8-9-15-2/h4-7,10,15H,8-9H2,1-3H3. The van der Waals surface area contributed by atoms with Crippen molar-refractivity contribution in [3.05, 3.63) is 41.7 Å². The molecule has 0 amide bonds.